The van der Waals surface area contributed by atoms with E-state index in [2.05, 4.69) is 5.32 Å². The molecule has 0 bridgehead atoms. The molecule has 0 saturated carbocycles. The van der Waals surface area contributed by atoms with Crippen LogP contribution in [0.4, 0.5) is 0 Å². The highest BCUT2D eigenvalue weighted by Gasteiger charge is 2.43. The van der Waals surface area contributed by atoms with Crippen LogP contribution in [0, 0.1) is 0 Å². The molecule has 0 spiro atoms. The first-order chi connectivity index (χ1) is 10.8. The number of carbonyl (C=O) groups excluding carboxylic acids is 2. The quantitative estimate of drug-likeness (QED) is 0.433. The van der Waals surface area contributed by atoms with Crippen LogP contribution in [0.3, 0.4) is 0 Å². The van der Waals surface area contributed by atoms with Crippen LogP contribution in [0.1, 0.15) is 40.5 Å². The normalized spacial score (nSPS) is 32.2. The fourth-order valence-corrected chi connectivity index (χ4v) is 2.47. The zero-order valence-corrected chi connectivity index (χ0v) is 14.0. The number of esters is 1. The third-order valence-corrected chi connectivity index (χ3v) is 3.63. The summed E-state index contributed by atoms with van der Waals surface area (Å²) in [5.41, 5.74) is 0. The van der Waals surface area contributed by atoms with Crippen molar-refractivity contribution in [2.75, 3.05) is 6.61 Å². The summed E-state index contributed by atoms with van der Waals surface area (Å²) in [5.74, 6) is -0.674. The summed E-state index contributed by atoms with van der Waals surface area (Å²) >= 11 is 0. The lowest BCUT2D eigenvalue weighted by atomic mass is 9.93. The first kappa shape index (κ1) is 19.8. The topological polar surface area (TPSA) is 114 Å². The number of nitrogens with one attached hydrogen (secondary N) is 1. The lowest BCUT2D eigenvalue weighted by Gasteiger charge is -2.42. The minimum Gasteiger partial charge on any atom is -0.436 e. The molecule has 1 heterocycles. The Hall–Kier alpha value is -1.22. The Bertz CT molecular complexity index is 403. The minimum absolute atomic E-state index is 0.0490. The van der Waals surface area contributed by atoms with E-state index >= 15 is 0 Å². The molecule has 1 aliphatic rings. The van der Waals surface area contributed by atoms with Gasteiger partial charge in [0.2, 0.25) is 5.91 Å². The molecule has 3 N–H and O–H groups in total. The predicted molar refractivity (Wildman–Crippen MR) is 80.4 cm³/mol. The van der Waals surface area contributed by atoms with Crippen molar-refractivity contribution in [3.8, 4) is 0 Å². The number of hydrogen-bond donors (Lipinski definition) is 3. The molecule has 6 atom stereocenters. The van der Waals surface area contributed by atoms with E-state index in [1.165, 1.54) is 6.92 Å². The Labute approximate surface area is 136 Å². The molecule has 2 unspecified atom stereocenters. The molecule has 1 saturated heterocycles. The van der Waals surface area contributed by atoms with E-state index < -0.39 is 42.7 Å². The fourth-order valence-electron chi connectivity index (χ4n) is 2.47. The van der Waals surface area contributed by atoms with Gasteiger partial charge in [0.15, 0.2) is 6.29 Å². The third-order valence-electron chi connectivity index (χ3n) is 3.63. The van der Waals surface area contributed by atoms with Crippen molar-refractivity contribution in [2.45, 2.75) is 77.3 Å². The summed E-state index contributed by atoms with van der Waals surface area (Å²) in [5, 5.41) is 23.0. The van der Waals surface area contributed by atoms with E-state index in [0.717, 1.165) is 0 Å². The van der Waals surface area contributed by atoms with Crippen molar-refractivity contribution >= 4 is 11.9 Å². The van der Waals surface area contributed by atoms with Gasteiger partial charge in [-0.05, 0) is 20.3 Å². The molecule has 0 radical (unpaired) electrons. The van der Waals surface area contributed by atoms with Crippen molar-refractivity contribution in [1.82, 2.24) is 5.32 Å². The van der Waals surface area contributed by atoms with Crippen LogP contribution >= 0.6 is 0 Å². The molecule has 8 heteroatoms. The van der Waals surface area contributed by atoms with E-state index in [1.54, 1.807) is 13.8 Å². The minimum atomic E-state index is -1.22. The maximum Gasteiger partial charge on any atom is 0.304 e. The van der Waals surface area contributed by atoms with Gasteiger partial charge in [-0.25, -0.2) is 0 Å². The Balaban J connectivity index is 2.55. The molecule has 1 amide bonds. The third kappa shape index (κ3) is 6.06. The summed E-state index contributed by atoms with van der Waals surface area (Å²) in [6.45, 7) is 6.34. The van der Waals surface area contributed by atoms with Gasteiger partial charge in [-0.3, -0.25) is 9.59 Å². The molecule has 8 nitrogen and oxygen atoms in total. The second kappa shape index (κ2) is 9.17. The maximum atomic E-state index is 11.7. The van der Waals surface area contributed by atoms with Crippen molar-refractivity contribution in [1.29, 1.82) is 0 Å². The van der Waals surface area contributed by atoms with E-state index in [4.69, 9.17) is 14.2 Å². The fraction of sp³-hybridized carbons (Fsp3) is 0.867. The highest BCUT2D eigenvalue weighted by Crippen LogP contribution is 2.22. The summed E-state index contributed by atoms with van der Waals surface area (Å²) in [7, 11) is 0. The van der Waals surface area contributed by atoms with Gasteiger partial charge in [0, 0.05) is 13.3 Å². The lowest BCUT2D eigenvalue weighted by molar-refractivity contribution is -0.218. The van der Waals surface area contributed by atoms with Crippen LogP contribution in [0.25, 0.3) is 0 Å². The summed E-state index contributed by atoms with van der Waals surface area (Å²) in [6, 6.07) is -0.689. The van der Waals surface area contributed by atoms with E-state index in [-0.39, 0.29) is 12.5 Å². The molecule has 1 fully saturated rings. The van der Waals surface area contributed by atoms with Crippen LogP contribution < -0.4 is 5.32 Å². The second-order valence-electron chi connectivity index (χ2n) is 5.71. The van der Waals surface area contributed by atoms with Gasteiger partial charge in [-0.2, -0.15) is 0 Å². The van der Waals surface area contributed by atoms with Crippen LogP contribution in [-0.2, 0) is 23.8 Å². The van der Waals surface area contributed by atoms with Crippen molar-refractivity contribution in [2.24, 2.45) is 0 Å². The lowest BCUT2D eigenvalue weighted by Crippen LogP contribution is -2.63. The highest BCUT2D eigenvalue weighted by atomic mass is 16.7. The molecule has 1 rings (SSSR count). The van der Waals surface area contributed by atoms with E-state index in [1.807, 2.05) is 6.92 Å². The Morgan fingerprint density at radius 2 is 1.96 bits per heavy atom. The number of aliphatic hydroxyl groups is 2. The Morgan fingerprint density at radius 1 is 1.30 bits per heavy atom. The zero-order valence-electron chi connectivity index (χ0n) is 14.0. The van der Waals surface area contributed by atoms with E-state index in [0.29, 0.717) is 12.8 Å². The number of carbonyl (C=O) groups is 2. The standard InChI is InChI=1S/C15H27NO7/c1-5-6-12(18)16-13-8(2)22-11(14(19)15(13)20)7-21-10(4)23-9(3)17/h8,10-11,13-15,19-20H,5-7H2,1-4H3,(H,16,18)/t8?,10?,11-,13+,14-,15-/m1/s1. The molecule has 0 aromatic rings. The molecule has 23 heavy (non-hydrogen) atoms. The molecular formula is C15H27NO7. The Kier molecular flexibility index (Phi) is 7.90. The zero-order chi connectivity index (χ0) is 17.6. The van der Waals surface area contributed by atoms with Crippen molar-refractivity contribution < 1.29 is 34.0 Å². The number of rotatable bonds is 7. The number of amides is 1. The van der Waals surface area contributed by atoms with E-state index in [9.17, 15) is 19.8 Å². The van der Waals surface area contributed by atoms with Crippen LogP contribution in [0.15, 0.2) is 0 Å². The summed E-state index contributed by atoms with van der Waals surface area (Å²) in [6.07, 6.45) is -3.41. The molecule has 0 aliphatic carbocycles. The first-order valence-corrected chi connectivity index (χ1v) is 7.86. The highest BCUT2D eigenvalue weighted by molar-refractivity contribution is 5.76. The second-order valence-corrected chi connectivity index (χ2v) is 5.71. The molecule has 1 aliphatic heterocycles. The van der Waals surface area contributed by atoms with Gasteiger partial charge in [0.25, 0.3) is 0 Å². The summed E-state index contributed by atoms with van der Waals surface area (Å²) in [4.78, 5) is 22.5. The largest absolute Gasteiger partial charge is 0.436 e. The van der Waals surface area contributed by atoms with Gasteiger partial charge in [-0.1, -0.05) is 6.92 Å². The smallest absolute Gasteiger partial charge is 0.304 e. The van der Waals surface area contributed by atoms with Crippen LogP contribution in [0.5, 0.6) is 0 Å². The summed E-state index contributed by atoms with van der Waals surface area (Å²) < 4.78 is 15.7. The SMILES string of the molecule is CCCC(=O)N[C@H]1C(C)O[C@H](COC(C)OC(C)=O)[C@@H](O)[C@@H]1O. The molecule has 0 aromatic carbocycles. The van der Waals surface area contributed by atoms with Gasteiger partial charge < -0.3 is 29.7 Å². The average Bonchev–Trinajstić information content (AvgIpc) is 2.45. The van der Waals surface area contributed by atoms with Crippen molar-refractivity contribution in [3.63, 3.8) is 0 Å². The number of ether oxygens (including phenoxy) is 3. The van der Waals surface area contributed by atoms with Gasteiger partial charge in [0.05, 0.1) is 18.8 Å². The molecular weight excluding hydrogens is 306 g/mol. The monoisotopic (exact) mass is 333 g/mol. The molecule has 134 valence electrons. The van der Waals surface area contributed by atoms with Gasteiger partial charge in [0.1, 0.15) is 18.3 Å². The van der Waals surface area contributed by atoms with Crippen LogP contribution in [0.2, 0.25) is 0 Å². The van der Waals surface area contributed by atoms with Crippen molar-refractivity contribution in [3.05, 3.63) is 0 Å². The first-order valence-electron chi connectivity index (χ1n) is 7.86. The molecule has 0 aromatic heterocycles. The predicted octanol–water partition coefficient (Wildman–Crippen LogP) is -0.294. The number of aliphatic hydroxyl groups excluding tert-OH is 2. The average molecular weight is 333 g/mol. The Morgan fingerprint density at radius 3 is 2.52 bits per heavy atom. The maximum absolute atomic E-state index is 11.7. The number of hydrogen-bond acceptors (Lipinski definition) is 7. The van der Waals surface area contributed by atoms with Crippen LogP contribution in [-0.4, -0.2) is 65.4 Å². The van der Waals surface area contributed by atoms with Gasteiger partial charge in [-0.15, -0.1) is 0 Å². The van der Waals surface area contributed by atoms with Gasteiger partial charge >= 0.3 is 5.97 Å².